The van der Waals surface area contributed by atoms with E-state index in [1.165, 1.54) is 0 Å². The van der Waals surface area contributed by atoms with Crippen molar-refractivity contribution in [3.8, 4) is 0 Å². The van der Waals surface area contributed by atoms with Gasteiger partial charge in [0.15, 0.2) is 0 Å². The molecular weight excluding hydrogens is 264 g/mol. The van der Waals surface area contributed by atoms with Crippen LogP contribution in [0.3, 0.4) is 0 Å². The summed E-state index contributed by atoms with van der Waals surface area (Å²) in [5, 5.41) is 13.0. The van der Waals surface area contributed by atoms with Crippen LogP contribution in [0.25, 0.3) is 0 Å². The predicted molar refractivity (Wildman–Crippen MR) is 76.7 cm³/mol. The Morgan fingerprint density at radius 1 is 1.21 bits per heavy atom. The zero-order chi connectivity index (χ0) is 14.3. The Kier molecular flexibility index (Phi) is 3.49. The van der Waals surface area contributed by atoms with Crippen molar-refractivity contribution < 1.29 is 13.5 Å². The van der Waals surface area contributed by atoms with Crippen molar-refractivity contribution in [3.63, 3.8) is 0 Å². The highest BCUT2D eigenvalue weighted by molar-refractivity contribution is 7.92. The molecule has 1 aromatic rings. The van der Waals surface area contributed by atoms with E-state index >= 15 is 0 Å². The SMILES string of the molecule is CC1(C)C(O)CC1Nc1ccc(NS(C)(=O)=O)cc1. The molecule has 19 heavy (non-hydrogen) atoms. The monoisotopic (exact) mass is 284 g/mol. The molecule has 106 valence electrons. The quantitative estimate of drug-likeness (QED) is 0.785. The molecular formula is C13H20N2O3S. The molecule has 1 aliphatic carbocycles. The van der Waals surface area contributed by atoms with E-state index in [-0.39, 0.29) is 17.6 Å². The van der Waals surface area contributed by atoms with Gasteiger partial charge >= 0.3 is 0 Å². The average Bonchev–Trinajstić information content (AvgIpc) is 2.29. The third-order valence-electron chi connectivity index (χ3n) is 3.74. The molecule has 3 N–H and O–H groups in total. The second-order valence-electron chi connectivity index (χ2n) is 5.72. The molecule has 0 saturated heterocycles. The second-order valence-corrected chi connectivity index (χ2v) is 7.47. The summed E-state index contributed by atoms with van der Waals surface area (Å²) in [4.78, 5) is 0. The minimum atomic E-state index is -3.24. The fourth-order valence-corrected chi connectivity index (χ4v) is 2.76. The summed E-state index contributed by atoms with van der Waals surface area (Å²) in [6, 6.07) is 7.32. The summed E-state index contributed by atoms with van der Waals surface area (Å²) < 4.78 is 24.6. The summed E-state index contributed by atoms with van der Waals surface area (Å²) in [6.45, 7) is 4.05. The number of anilines is 2. The van der Waals surface area contributed by atoms with Crippen molar-refractivity contribution in [2.75, 3.05) is 16.3 Å². The van der Waals surface area contributed by atoms with Gasteiger partial charge in [-0.2, -0.15) is 0 Å². The average molecular weight is 284 g/mol. The number of hydrogen-bond acceptors (Lipinski definition) is 4. The molecule has 1 aliphatic rings. The summed E-state index contributed by atoms with van der Waals surface area (Å²) in [5.41, 5.74) is 1.33. The van der Waals surface area contributed by atoms with Crippen molar-refractivity contribution in [1.82, 2.24) is 0 Å². The highest BCUT2D eigenvalue weighted by Crippen LogP contribution is 2.42. The third-order valence-corrected chi connectivity index (χ3v) is 4.35. The number of sulfonamides is 1. The van der Waals surface area contributed by atoms with Crippen LogP contribution >= 0.6 is 0 Å². The smallest absolute Gasteiger partial charge is 0.229 e. The fraction of sp³-hybridized carbons (Fsp3) is 0.538. The number of nitrogens with one attached hydrogen (secondary N) is 2. The fourth-order valence-electron chi connectivity index (χ4n) is 2.20. The molecule has 0 heterocycles. The lowest BCUT2D eigenvalue weighted by Crippen LogP contribution is -2.56. The van der Waals surface area contributed by atoms with Crippen LogP contribution in [0.2, 0.25) is 0 Å². The maximum absolute atomic E-state index is 11.1. The Morgan fingerprint density at radius 2 is 1.74 bits per heavy atom. The summed E-state index contributed by atoms with van der Waals surface area (Å²) in [6.07, 6.45) is 1.59. The van der Waals surface area contributed by atoms with E-state index < -0.39 is 10.0 Å². The first kappa shape index (κ1) is 14.1. The summed E-state index contributed by atoms with van der Waals surface area (Å²) in [7, 11) is -3.24. The molecule has 2 unspecified atom stereocenters. The van der Waals surface area contributed by atoms with Crippen LogP contribution in [0.15, 0.2) is 24.3 Å². The minimum absolute atomic E-state index is 0.135. The second kappa shape index (κ2) is 4.68. The minimum Gasteiger partial charge on any atom is -0.392 e. The number of aliphatic hydroxyl groups excluding tert-OH is 1. The van der Waals surface area contributed by atoms with Gasteiger partial charge in [0, 0.05) is 22.8 Å². The van der Waals surface area contributed by atoms with Crippen molar-refractivity contribution >= 4 is 21.4 Å². The van der Waals surface area contributed by atoms with E-state index in [1.54, 1.807) is 12.1 Å². The molecule has 0 bridgehead atoms. The number of aliphatic hydroxyl groups is 1. The van der Waals surface area contributed by atoms with Gasteiger partial charge in [0.1, 0.15) is 0 Å². The van der Waals surface area contributed by atoms with Crippen LogP contribution in [-0.2, 0) is 10.0 Å². The van der Waals surface area contributed by atoms with Gasteiger partial charge in [-0.1, -0.05) is 13.8 Å². The number of hydrogen-bond donors (Lipinski definition) is 3. The zero-order valence-corrected chi connectivity index (χ0v) is 12.2. The Hall–Kier alpha value is -1.27. The van der Waals surface area contributed by atoms with Crippen molar-refractivity contribution in [3.05, 3.63) is 24.3 Å². The van der Waals surface area contributed by atoms with Crippen LogP contribution in [0.5, 0.6) is 0 Å². The standard InChI is InChI=1S/C13H20N2O3S/c1-13(2)11(8-12(13)16)14-9-4-6-10(7-5-9)15-19(3,17)18/h4-7,11-12,14-16H,8H2,1-3H3. The van der Waals surface area contributed by atoms with Gasteiger partial charge in [0.2, 0.25) is 10.0 Å². The van der Waals surface area contributed by atoms with Crippen molar-refractivity contribution in [2.45, 2.75) is 32.4 Å². The van der Waals surface area contributed by atoms with E-state index in [9.17, 15) is 13.5 Å². The molecule has 1 fully saturated rings. The molecule has 1 aromatic carbocycles. The molecule has 2 atom stereocenters. The van der Waals surface area contributed by atoms with Crippen LogP contribution in [0.4, 0.5) is 11.4 Å². The maximum Gasteiger partial charge on any atom is 0.229 e. The topological polar surface area (TPSA) is 78.4 Å². The van der Waals surface area contributed by atoms with Crippen molar-refractivity contribution in [1.29, 1.82) is 0 Å². The highest BCUT2D eigenvalue weighted by Gasteiger charge is 2.47. The molecule has 0 aromatic heterocycles. The van der Waals surface area contributed by atoms with Gasteiger partial charge in [-0.25, -0.2) is 8.42 Å². The van der Waals surface area contributed by atoms with Crippen molar-refractivity contribution in [2.24, 2.45) is 5.41 Å². The van der Waals surface area contributed by atoms with Gasteiger partial charge in [0.25, 0.3) is 0 Å². The van der Waals surface area contributed by atoms with Gasteiger partial charge in [-0.15, -0.1) is 0 Å². The van der Waals surface area contributed by atoms with E-state index in [0.29, 0.717) is 5.69 Å². The lowest BCUT2D eigenvalue weighted by atomic mass is 9.64. The summed E-state index contributed by atoms with van der Waals surface area (Å²) in [5.74, 6) is 0. The Labute approximate surface area is 114 Å². The normalized spacial score (nSPS) is 25.5. The molecule has 1 saturated carbocycles. The van der Waals surface area contributed by atoms with Gasteiger partial charge in [-0.3, -0.25) is 4.72 Å². The predicted octanol–water partition coefficient (Wildman–Crippen LogP) is 1.63. The molecule has 2 rings (SSSR count). The number of rotatable bonds is 4. The molecule has 0 aliphatic heterocycles. The molecule has 6 heteroatoms. The third kappa shape index (κ3) is 3.19. The number of benzene rings is 1. The van der Waals surface area contributed by atoms with Gasteiger partial charge < -0.3 is 10.4 Å². The van der Waals surface area contributed by atoms with Crippen LogP contribution < -0.4 is 10.0 Å². The van der Waals surface area contributed by atoms with Gasteiger partial charge in [0.05, 0.1) is 12.4 Å². The summed E-state index contributed by atoms with van der Waals surface area (Å²) >= 11 is 0. The maximum atomic E-state index is 11.1. The van der Waals surface area contributed by atoms with Gasteiger partial charge in [-0.05, 0) is 30.7 Å². The van der Waals surface area contributed by atoms with Crippen LogP contribution in [-0.4, -0.2) is 31.9 Å². The molecule has 0 amide bonds. The molecule has 5 nitrogen and oxygen atoms in total. The zero-order valence-electron chi connectivity index (χ0n) is 11.3. The van der Waals surface area contributed by atoms with E-state index in [1.807, 2.05) is 26.0 Å². The molecule has 0 spiro atoms. The van der Waals surface area contributed by atoms with E-state index in [2.05, 4.69) is 10.0 Å². The Bertz CT molecular complexity index is 552. The Morgan fingerprint density at radius 3 is 2.16 bits per heavy atom. The first-order valence-corrected chi connectivity index (χ1v) is 8.10. The largest absolute Gasteiger partial charge is 0.392 e. The Balaban J connectivity index is 2.00. The first-order chi connectivity index (χ1) is 8.68. The lowest BCUT2D eigenvalue weighted by molar-refractivity contribution is -0.0510. The highest BCUT2D eigenvalue weighted by atomic mass is 32.2. The van der Waals surface area contributed by atoms with Crippen LogP contribution in [0.1, 0.15) is 20.3 Å². The first-order valence-electron chi connectivity index (χ1n) is 6.21. The molecule has 0 radical (unpaired) electrons. The van der Waals surface area contributed by atoms with E-state index in [4.69, 9.17) is 0 Å². The lowest BCUT2D eigenvalue weighted by Gasteiger charge is -2.49. The van der Waals surface area contributed by atoms with E-state index in [0.717, 1.165) is 18.4 Å². The van der Waals surface area contributed by atoms with Crippen LogP contribution in [0, 0.1) is 5.41 Å².